The smallest absolute Gasteiger partial charge is 0.335 e. The van der Waals surface area contributed by atoms with Gasteiger partial charge in [-0.2, -0.15) is 0 Å². The van der Waals surface area contributed by atoms with Gasteiger partial charge in [-0.1, -0.05) is 30.3 Å². The maximum atomic E-state index is 12.2. The second-order valence-corrected chi connectivity index (χ2v) is 5.44. The largest absolute Gasteiger partial charge is 0.494 e. The van der Waals surface area contributed by atoms with Crippen molar-refractivity contribution in [2.45, 2.75) is 26.3 Å². The van der Waals surface area contributed by atoms with Gasteiger partial charge in [-0.15, -0.1) is 0 Å². The number of rotatable bonds is 7. The van der Waals surface area contributed by atoms with E-state index in [1.165, 1.54) is 12.1 Å². The van der Waals surface area contributed by atoms with E-state index < -0.39 is 5.97 Å². The summed E-state index contributed by atoms with van der Waals surface area (Å²) >= 11 is 0. The summed E-state index contributed by atoms with van der Waals surface area (Å²) in [5.41, 5.74) is 1.90. The third kappa shape index (κ3) is 4.59. The van der Waals surface area contributed by atoms with E-state index in [-0.39, 0.29) is 23.9 Å². The van der Waals surface area contributed by atoms with Crippen LogP contribution in [-0.2, 0) is 11.2 Å². The fraction of sp³-hybridized carbons (Fsp3) is 0.263. The minimum Gasteiger partial charge on any atom is -0.494 e. The molecule has 0 saturated heterocycles. The van der Waals surface area contributed by atoms with Crippen LogP contribution in [-0.4, -0.2) is 23.6 Å². The Kier molecular flexibility index (Phi) is 5.95. The van der Waals surface area contributed by atoms with Gasteiger partial charge in [0, 0.05) is 5.56 Å². The lowest BCUT2D eigenvalue weighted by Crippen LogP contribution is -2.28. The molecule has 0 radical (unpaired) electrons. The van der Waals surface area contributed by atoms with Gasteiger partial charge in [-0.25, -0.2) is 4.79 Å². The van der Waals surface area contributed by atoms with E-state index in [0.717, 1.165) is 16.9 Å². The minimum atomic E-state index is -0.979. The van der Waals surface area contributed by atoms with E-state index >= 15 is 0 Å². The van der Waals surface area contributed by atoms with Gasteiger partial charge in [-0.05, 0) is 37.6 Å². The molecule has 126 valence electrons. The molecule has 2 rings (SSSR count). The van der Waals surface area contributed by atoms with E-state index in [1.54, 1.807) is 12.1 Å². The third-order valence-corrected chi connectivity index (χ3v) is 3.63. The molecular weight excluding hydrogens is 306 g/mol. The highest BCUT2D eigenvalue weighted by Gasteiger charge is 2.14. The predicted molar refractivity (Wildman–Crippen MR) is 91.3 cm³/mol. The molecule has 2 aromatic rings. The number of ether oxygens (including phenoxy) is 1. The highest BCUT2D eigenvalue weighted by atomic mass is 16.5. The minimum absolute atomic E-state index is 0.128. The average molecular weight is 327 g/mol. The lowest BCUT2D eigenvalue weighted by atomic mass is 10.1. The average Bonchev–Trinajstić information content (AvgIpc) is 2.56. The van der Waals surface area contributed by atoms with Crippen LogP contribution in [0.4, 0.5) is 0 Å². The molecule has 0 saturated carbocycles. The Bertz CT molecular complexity index is 710. The van der Waals surface area contributed by atoms with Crippen molar-refractivity contribution < 1.29 is 19.4 Å². The summed E-state index contributed by atoms with van der Waals surface area (Å²) in [7, 11) is 0. The lowest BCUT2D eigenvalue weighted by Gasteiger charge is -2.18. The molecular formula is C19H21NO4. The zero-order chi connectivity index (χ0) is 17.5. The van der Waals surface area contributed by atoms with Crippen molar-refractivity contribution in [3.8, 4) is 5.75 Å². The van der Waals surface area contributed by atoms with Crippen LogP contribution < -0.4 is 10.1 Å². The van der Waals surface area contributed by atoms with Gasteiger partial charge in [0.2, 0.25) is 5.91 Å². The van der Waals surface area contributed by atoms with Crippen molar-refractivity contribution in [1.82, 2.24) is 5.32 Å². The van der Waals surface area contributed by atoms with Crippen LogP contribution in [0.1, 0.15) is 41.4 Å². The molecule has 0 bridgehead atoms. The molecule has 2 aromatic carbocycles. The monoisotopic (exact) mass is 327 g/mol. The highest BCUT2D eigenvalue weighted by Crippen LogP contribution is 2.24. The summed E-state index contributed by atoms with van der Waals surface area (Å²) in [4.78, 5) is 23.0. The topological polar surface area (TPSA) is 75.6 Å². The van der Waals surface area contributed by atoms with Gasteiger partial charge in [0.15, 0.2) is 0 Å². The molecule has 5 heteroatoms. The van der Waals surface area contributed by atoms with Crippen molar-refractivity contribution in [3.63, 3.8) is 0 Å². The molecule has 0 aliphatic heterocycles. The van der Waals surface area contributed by atoms with Crippen molar-refractivity contribution in [3.05, 3.63) is 65.2 Å². The number of carboxylic acid groups (broad SMARTS) is 1. The summed E-state index contributed by atoms with van der Waals surface area (Å²) < 4.78 is 5.59. The Morgan fingerprint density at radius 2 is 1.79 bits per heavy atom. The van der Waals surface area contributed by atoms with Crippen molar-refractivity contribution in [1.29, 1.82) is 0 Å². The molecule has 1 atom stereocenters. The number of benzene rings is 2. The van der Waals surface area contributed by atoms with Crippen LogP contribution in [0.2, 0.25) is 0 Å². The second kappa shape index (κ2) is 8.15. The van der Waals surface area contributed by atoms with Gasteiger partial charge < -0.3 is 15.2 Å². The van der Waals surface area contributed by atoms with Crippen LogP contribution in [0.15, 0.2) is 48.5 Å². The molecule has 2 N–H and O–H groups in total. The maximum absolute atomic E-state index is 12.2. The van der Waals surface area contributed by atoms with Crippen molar-refractivity contribution in [2.24, 2.45) is 0 Å². The molecule has 5 nitrogen and oxygen atoms in total. The van der Waals surface area contributed by atoms with E-state index in [0.29, 0.717) is 6.61 Å². The molecule has 0 aliphatic carbocycles. The van der Waals surface area contributed by atoms with E-state index in [4.69, 9.17) is 9.84 Å². The predicted octanol–water partition coefficient (Wildman–Crippen LogP) is 3.20. The fourth-order valence-corrected chi connectivity index (χ4v) is 2.45. The first-order chi connectivity index (χ1) is 11.5. The molecule has 0 heterocycles. The number of carboxylic acids is 1. The number of carbonyl (C=O) groups is 2. The van der Waals surface area contributed by atoms with Crippen molar-refractivity contribution in [2.75, 3.05) is 6.61 Å². The zero-order valence-corrected chi connectivity index (χ0v) is 13.8. The Morgan fingerprint density at radius 3 is 2.42 bits per heavy atom. The first-order valence-electron chi connectivity index (χ1n) is 7.84. The van der Waals surface area contributed by atoms with Crippen LogP contribution >= 0.6 is 0 Å². The third-order valence-electron chi connectivity index (χ3n) is 3.63. The summed E-state index contributed by atoms with van der Waals surface area (Å²) in [5, 5.41) is 11.8. The molecule has 24 heavy (non-hydrogen) atoms. The standard InChI is InChI=1S/C19H21NO4/c1-3-24-17-7-5-4-6-16(17)13(2)20-18(21)12-14-8-10-15(11-9-14)19(22)23/h4-11,13H,3,12H2,1-2H3,(H,20,21)(H,22,23). The Balaban J connectivity index is 2.00. The number of carbonyl (C=O) groups excluding carboxylic acids is 1. The SMILES string of the molecule is CCOc1ccccc1C(C)NC(=O)Cc1ccc(C(=O)O)cc1. The molecule has 0 aliphatic rings. The van der Waals surface area contributed by atoms with Crippen molar-refractivity contribution >= 4 is 11.9 Å². The Labute approximate surface area is 141 Å². The number of hydrogen-bond donors (Lipinski definition) is 2. The number of aromatic carboxylic acids is 1. The van der Waals surface area contributed by atoms with Gasteiger partial charge in [0.05, 0.1) is 24.6 Å². The second-order valence-electron chi connectivity index (χ2n) is 5.44. The van der Waals surface area contributed by atoms with Crippen LogP contribution in [0, 0.1) is 0 Å². The van der Waals surface area contributed by atoms with Crippen LogP contribution in [0.3, 0.4) is 0 Å². The number of hydrogen-bond acceptors (Lipinski definition) is 3. The molecule has 0 aromatic heterocycles. The summed E-state index contributed by atoms with van der Waals surface area (Å²) in [6.45, 7) is 4.39. The van der Waals surface area contributed by atoms with Gasteiger partial charge in [0.25, 0.3) is 0 Å². The van der Waals surface area contributed by atoms with Gasteiger partial charge in [-0.3, -0.25) is 4.79 Å². The van der Waals surface area contributed by atoms with Crippen LogP contribution in [0.5, 0.6) is 5.75 Å². The zero-order valence-electron chi connectivity index (χ0n) is 13.8. The maximum Gasteiger partial charge on any atom is 0.335 e. The number of para-hydroxylation sites is 1. The highest BCUT2D eigenvalue weighted by molar-refractivity contribution is 5.87. The summed E-state index contributed by atoms with van der Waals surface area (Å²) in [6.07, 6.45) is 0.195. The van der Waals surface area contributed by atoms with E-state index in [2.05, 4.69) is 5.32 Å². The van der Waals surface area contributed by atoms with Gasteiger partial charge >= 0.3 is 5.97 Å². The molecule has 1 unspecified atom stereocenters. The van der Waals surface area contributed by atoms with Gasteiger partial charge in [0.1, 0.15) is 5.75 Å². The quantitative estimate of drug-likeness (QED) is 0.819. The summed E-state index contributed by atoms with van der Waals surface area (Å²) in [6, 6.07) is 13.7. The fourth-order valence-electron chi connectivity index (χ4n) is 2.45. The van der Waals surface area contributed by atoms with Crippen LogP contribution in [0.25, 0.3) is 0 Å². The number of nitrogens with one attached hydrogen (secondary N) is 1. The first kappa shape index (κ1) is 17.5. The molecule has 0 fully saturated rings. The Hall–Kier alpha value is -2.82. The first-order valence-corrected chi connectivity index (χ1v) is 7.84. The van der Waals surface area contributed by atoms with E-state index in [1.807, 2.05) is 38.1 Å². The molecule has 1 amide bonds. The summed E-state index contributed by atoms with van der Waals surface area (Å²) in [5.74, 6) is -0.345. The lowest BCUT2D eigenvalue weighted by molar-refractivity contribution is -0.121. The molecule has 0 spiro atoms. The van der Waals surface area contributed by atoms with E-state index in [9.17, 15) is 9.59 Å². The normalized spacial score (nSPS) is 11.6. The Morgan fingerprint density at radius 1 is 1.12 bits per heavy atom. The number of amides is 1.